The fraction of sp³-hybridized carbons (Fsp3) is 0.231. The Morgan fingerprint density at radius 2 is 2.32 bits per heavy atom. The zero-order chi connectivity index (χ0) is 13.7. The number of benzene rings is 1. The number of aromatic nitrogens is 2. The number of carbonyl (C=O) groups excluding carboxylic acids is 1. The second kappa shape index (κ2) is 6.24. The van der Waals surface area contributed by atoms with Crippen LogP contribution in [-0.2, 0) is 6.54 Å². The van der Waals surface area contributed by atoms with Crippen molar-refractivity contribution in [3.63, 3.8) is 0 Å². The van der Waals surface area contributed by atoms with E-state index >= 15 is 0 Å². The molecule has 1 aromatic heterocycles. The van der Waals surface area contributed by atoms with Crippen LogP contribution in [-0.4, -0.2) is 27.3 Å². The molecule has 0 fully saturated rings. The van der Waals surface area contributed by atoms with Gasteiger partial charge in [-0.1, -0.05) is 11.6 Å². The van der Waals surface area contributed by atoms with Gasteiger partial charge >= 0.3 is 0 Å². The van der Waals surface area contributed by atoms with Crippen LogP contribution in [0.5, 0.6) is 5.75 Å². The summed E-state index contributed by atoms with van der Waals surface area (Å²) in [5, 5.41) is 16.3. The van der Waals surface area contributed by atoms with Gasteiger partial charge in [-0.15, -0.1) is 0 Å². The highest BCUT2D eigenvalue weighted by Crippen LogP contribution is 2.23. The molecule has 0 aliphatic rings. The number of carbonyl (C=O) groups is 1. The van der Waals surface area contributed by atoms with Crippen LogP contribution in [0.4, 0.5) is 0 Å². The number of aryl methyl sites for hydroxylation is 1. The predicted octanol–water partition coefficient (Wildman–Crippen LogP) is 2.06. The first kappa shape index (κ1) is 13.4. The van der Waals surface area contributed by atoms with Gasteiger partial charge in [-0.05, 0) is 30.7 Å². The summed E-state index contributed by atoms with van der Waals surface area (Å²) in [5.41, 5.74) is 0.432. The molecule has 1 heterocycles. The lowest BCUT2D eigenvalue weighted by Gasteiger charge is -2.06. The van der Waals surface area contributed by atoms with E-state index in [1.54, 1.807) is 6.20 Å². The average Bonchev–Trinajstić information content (AvgIpc) is 2.91. The van der Waals surface area contributed by atoms with Gasteiger partial charge < -0.3 is 10.4 Å². The molecule has 2 aromatic rings. The number of rotatable bonds is 5. The first-order valence-electron chi connectivity index (χ1n) is 5.91. The molecule has 100 valence electrons. The summed E-state index contributed by atoms with van der Waals surface area (Å²) in [4.78, 5) is 11.8. The number of halogens is 1. The van der Waals surface area contributed by atoms with Crippen molar-refractivity contribution >= 4 is 17.5 Å². The van der Waals surface area contributed by atoms with Gasteiger partial charge in [0.2, 0.25) is 0 Å². The largest absolute Gasteiger partial charge is 0.506 e. The molecule has 2 rings (SSSR count). The summed E-state index contributed by atoms with van der Waals surface area (Å²) in [6, 6.07) is 6.24. The molecule has 1 amide bonds. The second-order valence-corrected chi connectivity index (χ2v) is 4.45. The number of hydrogen-bond donors (Lipinski definition) is 2. The zero-order valence-electron chi connectivity index (χ0n) is 10.2. The molecule has 6 heteroatoms. The van der Waals surface area contributed by atoms with Crippen molar-refractivity contribution in [3.05, 3.63) is 47.2 Å². The van der Waals surface area contributed by atoms with Crippen LogP contribution in [0.3, 0.4) is 0 Å². The van der Waals surface area contributed by atoms with Crippen LogP contribution in [0.25, 0.3) is 0 Å². The fourth-order valence-electron chi connectivity index (χ4n) is 1.63. The molecule has 0 saturated heterocycles. The lowest BCUT2D eigenvalue weighted by atomic mass is 10.2. The van der Waals surface area contributed by atoms with E-state index in [9.17, 15) is 9.90 Å². The minimum absolute atomic E-state index is 0.0306. The van der Waals surface area contributed by atoms with Crippen LogP contribution >= 0.6 is 11.6 Å². The molecule has 0 aliphatic carbocycles. The van der Waals surface area contributed by atoms with Gasteiger partial charge in [0, 0.05) is 31.0 Å². The number of nitrogens with zero attached hydrogens (tertiary/aromatic N) is 2. The number of amides is 1. The summed E-state index contributed by atoms with van der Waals surface area (Å²) >= 11 is 5.75. The molecule has 0 radical (unpaired) electrons. The number of nitrogens with one attached hydrogen (secondary N) is 1. The van der Waals surface area contributed by atoms with Crippen molar-refractivity contribution in [2.45, 2.75) is 13.0 Å². The zero-order valence-corrected chi connectivity index (χ0v) is 11.0. The number of hydrogen-bond acceptors (Lipinski definition) is 3. The highest BCUT2D eigenvalue weighted by Gasteiger charge is 2.07. The van der Waals surface area contributed by atoms with E-state index in [-0.39, 0.29) is 16.7 Å². The van der Waals surface area contributed by atoms with Gasteiger partial charge in [-0.2, -0.15) is 5.10 Å². The lowest BCUT2D eigenvalue weighted by Crippen LogP contribution is -2.25. The summed E-state index contributed by atoms with van der Waals surface area (Å²) in [6.45, 7) is 1.31. The van der Waals surface area contributed by atoms with Crippen molar-refractivity contribution in [3.8, 4) is 5.75 Å². The third kappa shape index (κ3) is 3.72. The van der Waals surface area contributed by atoms with E-state index in [1.165, 1.54) is 18.2 Å². The van der Waals surface area contributed by atoms with E-state index in [4.69, 9.17) is 11.6 Å². The molecule has 0 bridgehead atoms. The maximum absolute atomic E-state index is 11.8. The Hall–Kier alpha value is -2.01. The quantitative estimate of drug-likeness (QED) is 0.823. The van der Waals surface area contributed by atoms with Crippen molar-refractivity contribution < 1.29 is 9.90 Å². The van der Waals surface area contributed by atoms with Crippen LogP contribution < -0.4 is 5.32 Å². The Labute approximate surface area is 115 Å². The Balaban J connectivity index is 1.79. The fourth-order valence-corrected chi connectivity index (χ4v) is 1.81. The van der Waals surface area contributed by atoms with Gasteiger partial charge in [-0.25, -0.2) is 0 Å². The second-order valence-electron chi connectivity index (χ2n) is 4.04. The van der Waals surface area contributed by atoms with Gasteiger partial charge in [0.15, 0.2) is 0 Å². The van der Waals surface area contributed by atoms with Gasteiger partial charge in [0.05, 0.1) is 5.02 Å². The number of phenols is 1. The molecule has 19 heavy (non-hydrogen) atoms. The van der Waals surface area contributed by atoms with Gasteiger partial charge in [0.1, 0.15) is 5.75 Å². The van der Waals surface area contributed by atoms with E-state index < -0.39 is 0 Å². The third-order valence-corrected chi connectivity index (χ3v) is 2.92. The Morgan fingerprint density at radius 1 is 1.47 bits per heavy atom. The highest BCUT2D eigenvalue weighted by atomic mass is 35.5. The van der Waals surface area contributed by atoms with E-state index in [2.05, 4.69) is 10.4 Å². The molecule has 0 atom stereocenters. The van der Waals surface area contributed by atoms with Crippen molar-refractivity contribution in [1.82, 2.24) is 15.1 Å². The molecule has 0 aliphatic heterocycles. The SMILES string of the molecule is O=C(NCCCn1cccn1)c1ccc(O)c(Cl)c1. The van der Waals surface area contributed by atoms with E-state index in [0.29, 0.717) is 12.1 Å². The van der Waals surface area contributed by atoms with Crippen LogP contribution in [0.15, 0.2) is 36.7 Å². The number of aromatic hydroxyl groups is 1. The number of phenolic OH excluding ortho intramolecular Hbond substituents is 1. The Bertz CT molecular complexity index is 555. The topological polar surface area (TPSA) is 67.2 Å². The summed E-state index contributed by atoms with van der Waals surface area (Å²) in [5.74, 6) is -0.237. The molecule has 2 N–H and O–H groups in total. The smallest absolute Gasteiger partial charge is 0.251 e. The molecular weight excluding hydrogens is 266 g/mol. The van der Waals surface area contributed by atoms with Crippen LogP contribution in [0.1, 0.15) is 16.8 Å². The normalized spacial score (nSPS) is 10.4. The maximum atomic E-state index is 11.8. The van der Waals surface area contributed by atoms with E-state index in [0.717, 1.165) is 13.0 Å². The molecular formula is C13H14ClN3O2. The minimum Gasteiger partial charge on any atom is -0.506 e. The first-order chi connectivity index (χ1) is 9.16. The maximum Gasteiger partial charge on any atom is 0.251 e. The van der Waals surface area contributed by atoms with Crippen LogP contribution in [0, 0.1) is 0 Å². The third-order valence-electron chi connectivity index (χ3n) is 2.62. The molecule has 1 aromatic carbocycles. The van der Waals surface area contributed by atoms with Gasteiger partial charge in [0.25, 0.3) is 5.91 Å². The average molecular weight is 280 g/mol. The molecule has 0 unspecified atom stereocenters. The van der Waals surface area contributed by atoms with Gasteiger partial charge in [-0.3, -0.25) is 9.48 Å². The Morgan fingerprint density at radius 3 is 3.00 bits per heavy atom. The monoisotopic (exact) mass is 279 g/mol. The Kier molecular flexibility index (Phi) is 4.41. The van der Waals surface area contributed by atoms with E-state index in [1.807, 2.05) is 16.9 Å². The molecule has 5 nitrogen and oxygen atoms in total. The summed E-state index contributed by atoms with van der Waals surface area (Å²) in [6.07, 6.45) is 4.39. The molecule has 0 spiro atoms. The van der Waals surface area contributed by atoms with Crippen molar-refractivity contribution in [2.75, 3.05) is 6.54 Å². The summed E-state index contributed by atoms with van der Waals surface area (Å²) < 4.78 is 1.81. The molecule has 0 saturated carbocycles. The predicted molar refractivity (Wildman–Crippen MR) is 72.3 cm³/mol. The van der Waals surface area contributed by atoms with Crippen LogP contribution in [0.2, 0.25) is 5.02 Å². The van der Waals surface area contributed by atoms with Crippen molar-refractivity contribution in [2.24, 2.45) is 0 Å². The lowest BCUT2D eigenvalue weighted by molar-refractivity contribution is 0.0952. The first-order valence-corrected chi connectivity index (χ1v) is 6.29. The minimum atomic E-state index is -0.206. The summed E-state index contributed by atoms with van der Waals surface area (Å²) in [7, 11) is 0. The van der Waals surface area contributed by atoms with Crippen molar-refractivity contribution in [1.29, 1.82) is 0 Å². The highest BCUT2D eigenvalue weighted by molar-refractivity contribution is 6.32. The standard InChI is InChI=1S/C13H14ClN3O2/c14-11-9-10(3-4-12(11)18)13(19)15-5-1-7-17-8-2-6-16-17/h2-4,6,8-9,18H,1,5,7H2,(H,15,19).